The predicted octanol–water partition coefficient (Wildman–Crippen LogP) is 4.73. The molecule has 1 amide bonds. The van der Waals surface area contributed by atoms with Crippen molar-refractivity contribution in [1.29, 1.82) is 0 Å². The number of carbonyl (C=O) groups is 1. The van der Waals surface area contributed by atoms with E-state index >= 15 is 0 Å². The van der Waals surface area contributed by atoms with E-state index in [0.717, 1.165) is 29.0 Å². The molecule has 0 saturated heterocycles. The maximum absolute atomic E-state index is 13.8. The molecule has 0 atom stereocenters. The number of fused-ring (bicyclic) bond motifs is 1. The Morgan fingerprint density at radius 3 is 2.61 bits per heavy atom. The van der Waals surface area contributed by atoms with Crippen LogP contribution in [0.4, 0.5) is 14.5 Å². The van der Waals surface area contributed by atoms with Crippen LogP contribution in [0.5, 0.6) is 11.5 Å². The van der Waals surface area contributed by atoms with E-state index in [1.165, 1.54) is 17.8 Å². The van der Waals surface area contributed by atoms with E-state index in [1.54, 1.807) is 24.9 Å². The van der Waals surface area contributed by atoms with Gasteiger partial charge in [-0.25, -0.2) is 18.3 Å². The fraction of sp³-hybridized carbons (Fsp3) is 0.174. The number of ether oxygens (including phenoxy) is 2. The van der Waals surface area contributed by atoms with Gasteiger partial charge in [-0.1, -0.05) is 17.8 Å². The lowest BCUT2D eigenvalue weighted by Gasteiger charge is -2.10. The van der Waals surface area contributed by atoms with Crippen LogP contribution in [0.2, 0.25) is 0 Å². The van der Waals surface area contributed by atoms with E-state index in [-0.39, 0.29) is 11.4 Å². The molecule has 170 valence electrons. The molecule has 0 unspecified atom stereocenters. The van der Waals surface area contributed by atoms with Gasteiger partial charge in [0.1, 0.15) is 16.7 Å². The molecule has 7 nitrogen and oxygen atoms in total. The SMILES string of the molecule is COc1ccc(-c2cnn3c(SCC(=O)Nc4ccc(F)cc4F)cc(C)nc23)cc1OC. The molecule has 0 fully saturated rings. The minimum absolute atomic E-state index is 0.000914. The van der Waals surface area contributed by atoms with Crippen LogP contribution in [0.1, 0.15) is 5.69 Å². The van der Waals surface area contributed by atoms with Crippen molar-refractivity contribution in [1.82, 2.24) is 14.6 Å². The Labute approximate surface area is 192 Å². The highest BCUT2D eigenvalue weighted by Crippen LogP contribution is 2.34. The van der Waals surface area contributed by atoms with Crippen molar-refractivity contribution in [3.8, 4) is 22.6 Å². The predicted molar refractivity (Wildman–Crippen MR) is 122 cm³/mol. The van der Waals surface area contributed by atoms with Crippen molar-refractivity contribution in [2.45, 2.75) is 11.9 Å². The molecular formula is C23H20F2N4O3S. The Morgan fingerprint density at radius 2 is 1.88 bits per heavy atom. The molecule has 33 heavy (non-hydrogen) atoms. The minimum Gasteiger partial charge on any atom is -0.493 e. The summed E-state index contributed by atoms with van der Waals surface area (Å²) < 4.78 is 39.2. The van der Waals surface area contributed by atoms with Crippen molar-refractivity contribution >= 4 is 29.0 Å². The van der Waals surface area contributed by atoms with Crippen LogP contribution in [-0.4, -0.2) is 40.5 Å². The average molecular weight is 471 g/mol. The second-order valence-electron chi connectivity index (χ2n) is 7.06. The lowest BCUT2D eigenvalue weighted by molar-refractivity contribution is -0.113. The zero-order chi connectivity index (χ0) is 23.5. The first kappa shape index (κ1) is 22.5. The highest BCUT2D eigenvalue weighted by Gasteiger charge is 2.16. The van der Waals surface area contributed by atoms with E-state index in [1.807, 2.05) is 31.2 Å². The second-order valence-corrected chi connectivity index (χ2v) is 8.06. The van der Waals surface area contributed by atoms with Gasteiger partial charge < -0.3 is 14.8 Å². The highest BCUT2D eigenvalue weighted by molar-refractivity contribution is 7.99. The van der Waals surface area contributed by atoms with Crippen LogP contribution in [0.25, 0.3) is 16.8 Å². The smallest absolute Gasteiger partial charge is 0.234 e. The summed E-state index contributed by atoms with van der Waals surface area (Å²) in [6, 6.07) is 10.3. The largest absolute Gasteiger partial charge is 0.493 e. The average Bonchev–Trinajstić information content (AvgIpc) is 3.22. The molecule has 1 N–H and O–H groups in total. The number of nitrogens with one attached hydrogen (secondary N) is 1. The number of methoxy groups -OCH3 is 2. The molecule has 0 saturated carbocycles. The van der Waals surface area contributed by atoms with Gasteiger partial charge in [-0.2, -0.15) is 5.10 Å². The van der Waals surface area contributed by atoms with E-state index < -0.39 is 17.5 Å². The number of rotatable bonds is 7. The number of aryl methyl sites for hydroxylation is 1. The summed E-state index contributed by atoms with van der Waals surface area (Å²) in [5, 5.41) is 7.59. The summed E-state index contributed by atoms with van der Waals surface area (Å²) in [7, 11) is 3.14. The maximum Gasteiger partial charge on any atom is 0.234 e. The second kappa shape index (κ2) is 9.45. The minimum atomic E-state index is -0.831. The zero-order valence-electron chi connectivity index (χ0n) is 18.1. The topological polar surface area (TPSA) is 77.8 Å². The number of nitrogens with zero attached hydrogens (tertiary/aromatic N) is 3. The van der Waals surface area contributed by atoms with Gasteiger partial charge >= 0.3 is 0 Å². The summed E-state index contributed by atoms with van der Waals surface area (Å²) in [5.74, 6) is -0.773. The summed E-state index contributed by atoms with van der Waals surface area (Å²) >= 11 is 1.23. The molecular weight excluding hydrogens is 450 g/mol. The van der Waals surface area contributed by atoms with Crippen LogP contribution in [0.3, 0.4) is 0 Å². The fourth-order valence-electron chi connectivity index (χ4n) is 3.28. The molecule has 0 bridgehead atoms. The van der Waals surface area contributed by atoms with Crippen LogP contribution >= 0.6 is 11.8 Å². The molecule has 4 aromatic rings. The van der Waals surface area contributed by atoms with Crippen LogP contribution in [-0.2, 0) is 4.79 Å². The molecule has 0 spiro atoms. The maximum atomic E-state index is 13.8. The molecule has 2 heterocycles. The van der Waals surface area contributed by atoms with Crippen LogP contribution < -0.4 is 14.8 Å². The number of benzene rings is 2. The number of carbonyl (C=O) groups excluding carboxylic acids is 1. The lowest BCUT2D eigenvalue weighted by Crippen LogP contribution is -2.15. The Kier molecular flexibility index (Phi) is 6.45. The normalized spacial score (nSPS) is 10.9. The molecule has 4 rings (SSSR count). The molecule has 10 heteroatoms. The molecule has 0 radical (unpaired) electrons. The Hall–Kier alpha value is -3.66. The van der Waals surface area contributed by atoms with Crippen LogP contribution in [0.15, 0.2) is 53.7 Å². The number of hydrogen-bond acceptors (Lipinski definition) is 6. The lowest BCUT2D eigenvalue weighted by atomic mass is 10.1. The van der Waals surface area contributed by atoms with Crippen molar-refractivity contribution in [2.24, 2.45) is 0 Å². The summed E-state index contributed by atoms with van der Waals surface area (Å²) in [6.45, 7) is 1.85. The van der Waals surface area contributed by atoms with Crippen molar-refractivity contribution in [3.05, 3.63) is 66.0 Å². The van der Waals surface area contributed by atoms with Gasteiger partial charge in [0, 0.05) is 17.3 Å². The van der Waals surface area contributed by atoms with Gasteiger partial charge in [-0.15, -0.1) is 0 Å². The summed E-state index contributed by atoms with van der Waals surface area (Å²) in [5.41, 5.74) is 2.93. The third-order valence-corrected chi connectivity index (χ3v) is 5.81. The monoisotopic (exact) mass is 470 g/mol. The standard InChI is InChI=1S/C23H20F2N4O3S/c1-13-8-22(33-12-21(30)28-18-6-5-15(24)10-17(18)25)29-23(27-13)16(11-26-29)14-4-7-19(31-2)20(9-14)32-3/h4-11H,12H2,1-3H3,(H,28,30). The Bertz CT molecular complexity index is 1340. The first-order valence-corrected chi connectivity index (χ1v) is 10.8. The van der Waals surface area contributed by atoms with Gasteiger partial charge in [-0.05, 0) is 42.8 Å². The fourth-order valence-corrected chi connectivity index (χ4v) is 4.14. The number of hydrogen-bond donors (Lipinski definition) is 1. The van der Waals surface area contributed by atoms with Gasteiger partial charge in [-0.3, -0.25) is 4.79 Å². The summed E-state index contributed by atoms with van der Waals surface area (Å²) in [6.07, 6.45) is 1.70. The third-order valence-electron chi connectivity index (χ3n) is 4.82. The highest BCUT2D eigenvalue weighted by atomic mass is 32.2. The summed E-state index contributed by atoms with van der Waals surface area (Å²) in [4.78, 5) is 17.0. The van der Waals surface area contributed by atoms with E-state index in [0.29, 0.717) is 22.2 Å². The molecule has 0 aliphatic rings. The Morgan fingerprint density at radius 1 is 1.09 bits per heavy atom. The quantitative estimate of drug-likeness (QED) is 0.311. The number of halogens is 2. The first-order chi connectivity index (χ1) is 15.9. The van der Waals surface area contributed by atoms with Crippen molar-refractivity contribution < 1.29 is 23.0 Å². The van der Waals surface area contributed by atoms with Crippen molar-refractivity contribution in [3.63, 3.8) is 0 Å². The Balaban J connectivity index is 1.58. The van der Waals surface area contributed by atoms with E-state index in [4.69, 9.17) is 9.47 Å². The molecule has 0 aliphatic heterocycles. The molecule has 0 aliphatic carbocycles. The first-order valence-electron chi connectivity index (χ1n) is 9.85. The molecule has 2 aromatic carbocycles. The van der Waals surface area contributed by atoms with Crippen molar-refractivity contribution in [2.75, 3.05) is 25.3 Å². The van der Waals surface area contributed by atoms with Gasteiger partial charge in [0.05, 0.1) is 31.9 Å². The van der Waals surface area contributed by atoms with Gasteiger partial charge in [0.25, 0.3) is 0 Å². The van der Waals surface area contributed by atoms with E-state index in [9.17, 15) is 13.6 Å². The van der Waals surface area contributed by atoms with Gasteiger partial charge in [0.2, 0.25) is 5.91 Å². The third kappa shape index (κ3) is 4.75. The zero-order valence-corrected chi connectivity index (χ0v) is 18.9. The van der Waals surface area contributed by atoms with E-state index in [2.05, 4.69) is 15.4 Å². The number of amides is 1. The number of aromatic nitrogens is 3. The van der Waals surface area contributed by atoms with Gasteiger partial charge in [0.15, 0.2) is 17.1 Å². The number of thioether (sulfide) groups is 1. The van der Waals surface area contributed by atoms with Crippen LogP contribution in [0, 0.1) is 18.6 Å². The number of anilines is 1. The molecule has 2 aromatic heterocycles.